The molecule has 6 unspecified atom stereocenters. The minimum absolute atomic E-state index is 0.0238. The second-order valence-electron chi connectivity index (χ2n) is 9.23. The fourth-order valence-electron chi connectivity index (χ4n) is 6.92. The zero-order valence-corrected chi connectivity index (χ0v) is 15.6. The number of aliphatic hydroxyl groups excluding tert-OH is 1. The van der Waals surface area contributed by atoms with E-state index in [9.17, 15) is 14.7 Å². The molecule has 4 aliphatic rings. The van der Waals surface area contributed by atoms with Gasteiger partial charge in [-0.05, 0) is 74.2 Å². The van der Waals surface area contributed by atoms with Crippen molar-refractivity contribution in [1.82, 2.24) is 0 Å². The molecule has 3 fully saturated rings. The highest BCUT2D eigenvalue weighted by Gasteiger charge is 2.60. The number of aliphatic carboxylic acids is 1. The van der Waals surface area contributed by atoms with Crippen LogP contribution in [0, 0.1) is 28.6 Å². The van der Waals surface area contributed by atoms with Crippen LogP contribution in [-0.2, 0) is 14.3 Å². The summed E-state index contributed by atoms with van der Waals surface area (Å²) in [5.74, 6) is 0.773. The van der Waals surface area contributed by atoms with Gasteiger partial charge in [-0.3, -0.25) is 4.79 Å². The lowest BCUT2D eigenvalue weighted by Gasteiger charge is -2.58. The maximum atomic E-state index is 12.0. The van der Waals surface area contributed by atoms with Gasteiger partial charge in [0.15, 0.2) is 5.78 Å². The molecule has 5 nitrogen and oxygen atoms in total. The standard InChI is InChI=1S/C21H30O5/c1-20-8-7-17-15(16(20)4-5-18(20)23)3-2-13-10-14(22)6-9-21(13,17)12-26-11-19(24)25/h10,15-18,23H,2-9,11-12H2,1H3,(H,24,25). The van der Waals surface area contributed by atoms with E-state index >= 15 is 0 Å². The SMILES string of the molecule is CC12CCC3C(CCC4=CC(=O)CCC43COCC(=O)O)C1CCC2O. The Labute approximate surface area is 154 Å². The molecule has 0 aromatic carbocycles. The van der Waals surface area contributed by atoms with E-state index in [1.54, 1.807) is 0 Å². The van der Waals surface area contributed by atoms with Crippen molar-refractivity contribution in [2.75, 3.05) is 13.2 Å². The van der Waals surface area contributed by atoms with Gasteiger partial charge in [-0.25, -0.2) is 4.79 Å². The van der Waals surface area contributed by atoms with Crippen molar-refractivity contribution in [3.05, 3.63) is 11.6 Å². The molecule has 0 spiro atoms. The lowest BCUT2D eigenvalue weighted by Crippen LogP contribution is -2.53. The number of carbonyl (C=O) groups excluding carboxylic acids is 1. The molecule has 3 saturated carbocycles. The lowest BCUT2D eigenvalue weighted by atomic mass is 9.47. The lowest BCUT2D eigenvalue weighted by molar-refractivity contribution is -0.146. The number of rotatable bonds is 4. The number of hydrogen-bond donors (Lipinski definition) is 2. The largest absolute Gasteiger partial charge is 0.480 e. The van der Waals surface area contributed by atoms with Crippen molar-refractivity contribution >= 4 is 11.8 Å². The van der Waals surface area contributed by atoms with E-state index in [4.69, 9.17) is 9.84 Å². The summed E-state index contributed by atoms with van der Waals surface area (Å²) in [5, 5.41) is 19.5. The second-order valence-corrected chi connectivity index (χ2v) is 9.23. The van der Waals surface area contributed by atoms with Crippen LogP contribution >= 0.6 is 0 Å². The molecule has 0 radical (unpaired) electrons. The number of ether oxygens (including phenoxy) is 1. The van der Waals surface area contributed by atoms with Crippen LogP contribution in [0.25, 0.3) is 0 Å². The van der Waals surface area contributed by atoms with E-state index in [1.807, 2.05) is 6.08 Å². The molecule has 0 saturated heterocycles. The molecule has 0 aliphatic heterocycles. The van der Waals surface area contributed by atoms with E-state index in [0.717, 1.165) is 44.9 Å². The molecule has 144 valence electrons. The third kappa shape index (κ3) is 2.66. The first-order valence-corrected chi connectivity index (χ1v) is 10.1. The minimum Gasteiger partial charge on any atom is -0.480 e. The van der Waals surface area contributed by atoms with E-state index < -0.39 is 5.97 Å². The van der Waals surface area contributed by atoms with Gasteiger partial charge in [0, 0.05) is 11.8 Å². The van der Waals surface area contributed by atoms with Crippen molar-refractivity contribution in [3.8, 4) is 0 Å². The molecule has 0 aromatic heterocycles. The summed E-state index contributed by atoms with van der Waals surface area (Å²) in [6.07, 6.45) is 8.98. The highest BCUT2D eigenvalue weighted by molar-refractivity contribution is 5.91. The van der Waals surface area contributed by atoms with Gasteiger partial charge in [0.05, 0.1) is 12.7 Å². The summed E-state index contributed by atoms with van der Waals surface area (Å²) in [6.45, 7) is 2.39. The molecule has 0 aromatic rings. The smallest absolute Gasteiger partial charge is 0.329 e. The molecule has 0 heterocycles. The third-order valence-corrected chi connectivity index (χ3v) is 8.22. The number of aliphatic hydroxyl groups is 1. The molecule has 5 heteroatoms. The van der Waals surface area contributed by atoms with Crippen molar-refractivity contribution < 1.29 is 24.5 Å². The molecule has 4 rings (SSSR count). The van der Waals surface area contributed by atoms with Crippen LogP contribution in [0.2, 0.25) is 0 Å². The fourth-order valence-corrected chi connectivity index (χ4v) is 6.92. The Morgan fingerprint density at radius 2 is 2.00 bits per heavy atom. The van der Waals surface area contributed by atoms with Crippen LogP contribution in [-0.4, -0.2) is 41.3 Å². The fraction of sp³-hybridized carbons (Fsp3) is 0.810. The maximum Gasteiger partial charge on any atom is 0.329 e. The van der Waals surface area contributed by atoms with Gasteiger partial charge in [-0.15, -0.1) is 0 Å². The normalized spacial score (nSPS) is 44.7. The van der Waals surface area contributed by atoms with Crippen LogP contribution in [0.1, 0.15) is 58.3 Å². The summed E-state index contributed by atoms with van der Waals surface area (Å²) < 4.78 is 5.64. The molecule has 2 N–H and O–H groups in total. The molecule has 0 bridgehead atoms. The van der Waals surface area contributed by atoms with E-state index in [0.29, 0.717) is 30.8 Å². The summed E-state index contributed by atoms with van der Waals surface area (Å²) >= 11 is 0. The Hall–Kier alpha value is -1.20. The molecule has 6 atom stereocenters. The van der Waals surface area contributed by atoms with Crippen LogP contribution in [0.5, 0.6) is 0 Å². The summed E-state index contributed by atoms with van der Waals surface area (Å²) in [4.78, 5) is 23.0. The first-order valence-electron chi connectivity index (χ1n) is 10.1. The van der Waals surface area contributed by atoms with E-state index in [1.165, 1.54) is 5.57 Å². The van der Waals surface area contributed by atoms with Gasteiger partial charge in [-0.1, -0.05) is 12.5 Å². The summed E-state index contributed by atoms with van der Waals surface area (Å²) in [5.41, 5.74) is 1.04. The second kappa shape index (κ2) is 6.45. The highest BCUT2D eigenvalue weighted by Crippen LogP contribution is 2.65. The number of carboxylic acid groups (broad SMARTS) is 1. The van der Waals surface area contributed by atoms with Crippen LogP contribution in [0.3, 0.4) is 0 Å². The zero-order chi connectivity index (χ0) is 18.5. The zero-order valence-electron chi connectivity index (χ0n) is 15.6. The average Bonchev–Trinajstić information content (AvgIpc) is 2.90. The van der Waals surface area contributed by atoms with Gasteiger partial charge >= 0.3 is 5.97 Å². The number of fused-ring (bicyclic) bond motifs is 5. The number of carbonyl (C=O) groups is 2. The molecule has 4 aliphatic carbocycles. The monoisotopic (exact) mass is 362 g/mol. The Morgan fingerprint density at radius 1 is 1.19 bits per heavy atom. The highest BCUT2D eigenvalue weighted by atomic mass is 16.5. The van der Waals surface area contributed by atoms with Gasteiger partial charge in [0.2, 0.25) is 0 Å². The Bertz CT molecular complexity index is 640. The van der Waals surface area contributed by atoms with Crippen LogP contribution in [0.15, 0.2) is 11.6 Å². The predicted octanol–water partition coefficient (Wildman–Crippen LogP) is 2.96. The number of hydrogen-bond acceptors (Lipinski definition) is 4. The Morgan fingerprint density at radius 3 is 2.77 bits per heavy atom. The van der Waals surface area contributed by atoms with Gasteiger partial charge in [0.1, 0.15) is 6.61 Å². The van der Waals surface area contributed by atoms with Crippen LogP contribution in [0.4, 0.5) is 0 Å². The number of ketones is 1. The third-order valence-electron chi connectivity index (χ3n) is 8.22. The van der Waals surface area contributed by atoms with Crippen LogP contribution < -0.4 is 0 Å². The average molecular weight is 362 g/mol. The topological polar surface area (TPSA) is 83.8 Å². The van der Waals surface area contributed by atoms with Crippen molar-refractivity contribution in [2.24, 2.45) is 28.6 Å². The van der Waals surface area contributed by atoms with Crippen molar-refractivity contribution in [2.45, 2.75) is 64.4 Å². The van der Waals surface area contributed by atoms with Gasteiger partial charge in [-0.2, -0.15) is 0 Å². The first-order chi connectivity index (χ1) is 12.4. The molecule has 26 heavy (non-hydrogen) atoms. The van der Waals surface area contributed by atoms with E-state index in [2.05, 4.69) is 6.92 Å². The van der Waals surface area contributed by atoms with Gasteiger partial charge < -0.3 is 14.9 Å². The summed E-state index contributed by atoms with van der Waals surface area (Å²) in [6, 6.07) is 0. The first kappa shape index (κ1) is 18.2. The van der Waals surface area contributed by atoms with Gasteiger partial charge in [0.25, 0.3) is 0 Å². The van der Waals surface area contributed by atoms with Crippen molar-refractivity contribution in [3.63, 3.8) is 0 Å². The molecular formula is C21H30O5. The Kier molecular flexibility index (Phi) is 4.51. The quantitative estimate of drug-likeness (QED) is 0.803. The Balaban J connectivity index is 1.65. The molecular weight excluding hydrogens is 332 g/mol. The predicted molar refractivity (Wildman–Crippen MR) is 95.5 cm³/mol. The minimum atomic E-state index is -0.943. The molecule has 0 amide bonds. The van der Waals surface area contributed by atoms with Crippen molar-refractivity contribution in [1.29, 1.82) is 0 Å². The number of carboxylic acids is 1. The summed E-state index contributed by atoms with van der Waals surface area (Å²) in [7, 11) is 0. The maximum absolute atomic E-state index is 12.0. The van der Waals surface area contributed by atoms with E-state index in [-0.39, 0.29) is 29.3 Å².